The van der Waals surface area contributed by atoms with E-state index in [2.05, 4.69) is 13.8 Å². The summed E-state index contributed by atoms with van der Waals surface area (Å²) in [4.78, 5) is 11.7. The topological polar surface area (TPSA) is 26.3 Å². The molecule has 2 nitrogen and oxygen atoms in total. The van der Waals surface area contributed by atoms with E-state index in [-0.39, 0.29) is 0 Å². The Morgan fingerprint density at radius 3 is 2.61 bits per heavy atom. The minimum atomic E-state index is 0.316. The lowest BCUT2D eigenvalue weighted by atomic mass is 9.96. The lowest BCUT2D eigenvalue weighted by molar-refractivity contribution is -0.120. The highest BCUT2D eigenvalue weighted by Gasteiger charge is 2.10. The van der Waals surface area contributed by atoms with Gasteiger partial charge in [0.25, 0.3) is 0 Å². The van der Waals surface area contributed by atoms with Crippen LogP contribution in [-0.4, -0.2) is 12.4 Å². The minimum absolute atomic E-state index is 0.316. The maximum absolute atomic E-state index is 11.7. The molecule has 0 atom stereocenters. The molecule has 2 heteroatoms. The van der Waals surface area contributed by atoms with Crippen molar-refractivity contribution >= 4 is 5.78 Å². The van der Waals surface area contributed by atoms with E-state index in [1.165, 1.54) is 5.56 Å². The van der Waals surface area contributed by atoms with Gasteiger partial charge in [0.1, 0.15) is 11.5 Å². The van der Waals surface area contributed by atoms with Gasteiger partial charge in [-0.05, 0) is 30.5 Å². The average Bonchev–Trinajstić information content (AvgIpc) is 2.36. The van der Waals surface area contributed by atoms with E-state index in [0.717, 1.165) is 18.6 Å². The molecule has 1 rings (SSSR count). The third-order valence-corrected chi connectivity index (χ3v) is 3.31. The number of ether oxygens (including phenoxy) is 1. The van der Waals surface area contributed by atoms with Crippen molar-refractivity contribution in [1.29, 1.82) is 0 Å². The predicted octanol–water partition coefficient (Wildman–Crippen LogP) is 4.16. The summed E-state index contributed by atoms with van der Waals surface area (Å²) >= 11 is 0. The first-order valence-electron chi connectivity index (χ1n) is 6.86. The highest BCUT2D eigenvalue weighted by Crippen LogP contribution is 2.15. The Kier molecular flexibility index (Phi) is 6.48. The fourth-order valence-corrected chi connectivity index (χ4v) is 1.99. The highest BCUT2D eigenvalue weighted by molar-refractivity contribution is 5.78. The smallest absolute Gasteiger partial charge is 0.136 e. The van der Waals surface area contributed by atoms with Gasteiger partial charge in [0.05, 0.1) is 6.61 Å². The van der Waals surface area contributed by atoms with Gasteiger partial charge < -0.3 is 4.74 Å². The Labute approximate surface area is 110 Å². The summed E-state index contributed by atoms with van der Waals surface area (Å²) in [7, 11) is 0. The molecule has 0 fully saturated rings. The van der Waals surface area contributed by atoms with E-state index < -0.39 is 0 Å². The maximum atomic E-state index is 11.7. The van der Waals surface area contributed by atoms with Gasteiger partial charge in [-0.3, -0.25) is 4.79 Å². The molecule has 0 bridgehead atoms. The zero-order valence-corrected chi connectivity index (χ0v) is 11.7. The van der Waals surface area contributed by atoms with Crippen molar-refractivity contribution in [3.8, 4) is 5.75 Å². The molecule has 0 aliphatic heterocycles. The molecule has 0 aliphatic rings. The number of ketones is 1. The molecular formula is C16H24O2. The van der Waals surface area contributed by atoms with Gasteiger partial charge in [0, 0.05) is 12.8 Å². The maximum Gasteiger partial charge on any atom is 0.136 e. The van der Waals surface area contributed by atoms with Crippen LogP contribution in [-0.2, 0) is 4.79 Å². The second kappa shape index (κ2) is 7.91. The fraction of sp³-hybridized carbons (Fsp3) is 0.562. The second-order valence-corrected chi connectivity index (χ2v) is 4.84. The van der Waals surface area contributed by atoms with E-state index in [9.17, 15) is 4.79 Å². The van der Waals surface area contributed by atoms with Crippen LogP contribution in [0.2, 0.25) is 0 Å². The molecule has 1 aromatic rings. The average molecular weight is 248 g/mol. The van der Waals surface area contributed by atoms with Crippen molar-refractivity contribution in [2.45, 2.75) is 46.5 Å². The van der Waals surface area contributed by atoms with Gasteiger partial charge in [-0.1, -0.05) is 38.8 Å². The van der Waals surface area contributed by atoms with Crippen molar-refractivity contribution in [2.24, 2.45) is 5.92 Å². The summed E-state index contributed by atoms with van der Waals surface area (Å²) in [6.45, 7) is 6.81. The minimum Gasteiger partial charge on any atom is -0.493 e. The van der Waals surface area contributed by atoms with Gasteiger partial charge in [0.15, 0.2) is 0 Å². The van der Waals surface area contributed by atoms with Gasteiger partial charge in [-0.25, -0.2) is 0 Å². The number of Topliss-reactive ketones (excluding diaryl/α,β-unsaturated/α-hetero) is 1. The van der Waals surface area contributed by atoms with Crippen LogP contribution in [0.15, 0.2) is 24.3 Å². The van der Waals surface area contributed by atoms with Crippen LogP contribution in [0.1, 0.15) is 45.1 Å². The fourth-order valence-electron chi connectivity index (χ4n) is 1.99. The summed E-state index contributed by atoms with van der Waals surface area (Å²) in [5.41, 5.74) is 1.18. The Hall–Kier alpha value is -1.31. The SMILES string of the molecule is CCC(CC)CC(=O)CCOc1cccc(C)c1. The van der Waals surface area contributed by atoms with Gasteiger partial charge in [-0.2, -0.15) is 0 Å². The molecule has 18 heavy (non-hydrogen) atoms. The first kappa shape index (κ1) is 14.7. The Morgan fingerprint density at radius 2 is 2.00 bits per heavy atom. The van der Waals surface area contributed by atoms with E-state index in [1.54, 1.807) is 0 Å². The van der Waals surface area contributed by atoms with E-state index >= 15 is 0 Å². The molecule has 100 valence electrons. The zero-order chi connectivity index (χ0) is 13.4. The van der Waals surface area contributed by atoms with Crippen LogP contribution in [0.5, 0.6) is 5.75 Å². The van der Waals surface area contributed by atoms with Crippen LogP contribution < -0.4 is 4.74 Å². The van der Waals surface area contributed by atoms with Crippen molar-refractivity contribution in [3.63, 3.8) is 0 Å². The number of carbonyl (C=O) groups excluding carboxylic acids is 1. The number of aryl methyl sites for hydroxylation is 1. The monoisotopic (exact) mass is 248 g/mol. The number of benzene rings is 1. The predicted molar refractivity (Wildman–Crippen MR) is 75.0 cm³/mol. The van der Waals surface area contributed by atoms with Crippen LogP contribution in [0.3, 0.4) is 0 Å². The molecule has 0 spiro atoms. The van der Waals surface area contributed by atoms with Crippen molar-refractivity contribution in [1.82, 2.24) is 0 Å². The molecule has 0 unspecified atom stereocenters. The summed E-state index contributed by atoms with van der Waals surface area (Å²) in [5.74, 6) is 1.71. The van der Waals surface area contributed by atoms with E-state index in [0.29, 0.717) is 31.1 Å². The quantitative estimate of drug-likeness (QED) is 0.690. The number of carbonyl (C=O) groups is 1. The van der Waals surface area contributed by atoms with E-state index in [4.69, 9.17) is 4.74 Å². The van der Waals surface area contributed by atoms with Crippen molar-refractivity contribution in [2.75, 3.05) is 6.61 Å². The van der Waals surface area contributed by atoms with Crippen LogP contribution in [0.25, 0.3) is 0 Å². The molecular weight excluding hydrogens is 224 g/mol. The second-order valence-electron chi connectivity index (χ2n) is 4.84. The third kappa shape index (κ3) is 5.35. The van der Waals surface area contributed by atoms with Crippen LogP contribution in [0.4, 0.5) is 0 Å². The number of rotatable bonds is 8. The van der Waals surface area contributed by atoms with Crippen molar-refractivity contribution < 1.29 is 9.53 Å². The lowest BCUT2D eigenvalue weighted by Gasteiger charge is -2.11. The Morgan fingerprint density at radius 1 is 1.28 bits per heavy atom. The summed E-state index contributed by atoms with van der Waals surface area (Å²) in [6, 6.07) is 7.92. The molecule has 0 heterocycles. The lowest BCUT2D eigenvalue weighted by Crippen LogP contribution is -2.11. The van der Waals surface area contributed by atoms with E-state index in [1.807, 2.05) is 31.2 Å². The molecule has 0 radical (unpaired) electrons. The first-order valence-corrected chi connectivity index (χ1v) is 6.86. The summed E-state index contributed by atoms with van der Waals surface area (Å²) in [6.07, 6.45) is 3.39. The molecule has 0 saturated heterocycles. The molecule has 0 N–H and O–H groups in total. The molecule has 0 saturated carbocycles. The molecule has 1 aromatic carbocycles. The standard InChI is InChI=1S/C16H24O2/c1-4-14(5-2)12-15(17)9-10-18-16-8-6-7-13(3)11-16/h6-8,11,14H,4-5,9-10,12H2,1-3H3. The van der Waals surface area contributed by atoms with Crippen molar-refractivity contribution in [3.05, 3.63) is 29.8 Å². The summed E-state index contributed by atoms with van der Waals surface area (Å²) in [5, 5.41) is 0. The summed E-state index contributed by atoms with van der Waals surface area (Å²) < 4.78 is 5.59. The number of hydrogen-bond donors (Lipinski definition) is 0. The third-order valence-electron chi connectivity index (χ3n) is 3.31. The highest BCUT2D eigenvalue weighted by atomic mass is 16.5. The Bertz CT molecular complexity index is 367. The van der Waals surface area contributed by atoms with Gasteiger partial charge in [-0.15, -0.1) is 0 Å². The zero-order valence-electron chi connectivity index (χ0n) is 11.7. The largest absolute Gasteiger partial charge is 0.493 e. The van der Waals surface area contributed by atoms with Gasteiger partial charge >= 0.3 is 0 Å². The normalized spacial score (nSPS) is 10.7. The van der Waals surface area contributed by atoms with Crippen LogP contribution in [0, 0.1) is 12.8 Å². The van der Waals surface area contributed by atoms with Gasteiger partial charge in [0.2, 0.25) is 0 Å². The first-order chi connectivity index (χ1) is 8.65. The molecule has 0 amide bonds. The molecule has 0 aromatic heterocycles. The Balaban J connectivity index is 2.27. The molecule has 0 aliphatic carbocycles. The van der Waals surface area contributed by atoms with Crippen LogP contribution >= 0.6 is 0 Å². The number of hydrogen-bond acceptors (Lipinski definition) is 2.